The quantitative estimate of drug-likeness (QED) is 0.468. The molecule has 30 heavy (non-hydrogen) atoms. The molecule has 5 N–H and O–H groups in total. The minimum Gasteiger partial charge on any atom is -0.490 e. The lowest BCUT2D eigenvalue weighted by Gasteiger charge is -2.28. The van der Waals surface area contributed by atoms with Crippen molar-refractivity contribution in [3.63, 3.8) is 0 Å². The Morgan fingerprint density at radius 3 is 2.87 bits per heavy atom. The molecule has 0 saturated carbocycles. The number of carbonyl (C=O) groups is 1. The maximum Gasteiger partial charge on any atom is 0.252 e. The maximum atomic E-state index is 13.0. The van der Waals surface area contributed by atoms with E-state index in [1.54, 1.807) is 24.3 Å². The number of hydrogen-bond acceptors (Lipinski definition) is 7. The highest BCUT2D eigenvalue weighted by Crippen LogP contribution is 2.32. The first-order chi connectivity index (χ1) is 14.3. The van der Waals surface area contributed by atoms with E-state index < -0.39 is 5.54 Å². The van der Waals surface area contributed by atoms with Gasteiger partial charge in [-0.05, 0) is 32.0 Å². The maximum absolute atomic E-state index is 13.0. The SMILES string of the molecule is CC(C)(COc1cccc2c1C(N)=NSN2)NC(=O)c1cc(=O)[nH]c2ccccc12. The number of hydrogen-bond donors (Lipinski definition) is 4. The number of nitrogens with two attached hydrogens (primary N) is 1. The molecule has 0 atom stereocenters. The van der Waals surface area contributed by atoms with Crippen molar-refractivity contribution in [2.45, 2.75) is 19.4 Å². The van der Waals surface area contributed by atoms with Crippen LogP contribution in [0.3, 0.4) is 0 Å². The van der Waals surface area contributed by atoms with E-state index in [0.717, 1.165) is 17.8 Å². The van der Waals surface area contributed by atoms with Crippen LogP contribution in [0, 0.1) is 0 Å². The zero-order valence-corrected chi connectivity index (χ0v) is 17.3. The van der Waals surface area contributed by atoms with Gasteiger partial charge in [-0.1, -0.05) is 24.3 Å². The van der Waals surface area contributed by atoms with Gasteiger partial charge in [-0.25, -0.2) is 0 Å². The van der Waals surface area contributed by atoms with Crippen molar-refractivity contribution in [2.24, 2.45) is 10.1 Å². The molecule has 0 saturated heterocycles. The Morgan fingerprint density at radius 1 is 1.23 bits per heavy atom. The van der Waals surface area contributed by atoms with E-state index in [4.69, 9.17) is 10.5 Å². The third-order valence-corrected chi connectivity index (χ3v) is 5.22. The highest BCUT2D eigenvalue weighted by Gasteiger charge is 2.25. The van der Waals surface area contributed by atoms with E-state index in [9.17, 15) is 9.59 Å². The van der Waals surface area contributed by atoms with Crippen LogP contribution in [0.15, 0.2) is 57.7 Å². The first kappa shape index (κ1) is 19.8. The number of H-pyrrole nitrogens is 1. The highest BCUT2D eigenvalue weighted by atomic mass is 32.2. The predicted molar refractivity (Wildman–Crippen MR) is 120 cm³/mol. The first-order valence-electron chi connectivity index (χ1n) is 9.30. The zero-order chi connectivity index (χ0) is 21.3. The summed E-state index contributed by atoms with van der Waals surface area (Å²) in [7, 11) is 0. The number of para-hydroxylation sites is 1. The second-order valence-corrected chi connectivity index (χ2v) is 8.14. The van der Waals surface area contributed by atoms with Gasteiger partial charge in [0.25, 0.3) is 5.91 Å². The predicted octanol–water partition coefficient (Wildman–Crippen LogP) is 2.81. The number of amidine groups is 1. The monoisotopic (exact) mass is 423 g/mol. The number of rotatable bonds is 5. The van der Waals surface area contributed by atoms with Crippen molar-refractivity contribution >= 4 is 40.5 Å². The van der Waals surface area contributed by atoms with Crippen molar-refractivity contribution in [3.05, 3.63) is 70.0 Å². The van der Waals surface area contributed by atoms with Crippen molar-refractivity contribution in [1.29, 1.82) is 0 Å². The Morgan fingerprint density at radius 2 is 2.03 bits per heavy atom. The van der Waals surface area contributed by atoms with E-state index in [-0.39, 0.29) is 18.1 Å². The number of nitrogens with zero attached hydrogens (tertiary/aromatic N) is 1. The van der Waals surface area contributed by atoms with Gasteiger partial charge in [-0.15, -0.1) is 0 Å². The van der Waals surface area contributed by atoms with Gasteiger partial charge in [0.2, 0.25) is 5.56 Å². The van der Waals surface area contributed by atoms with Gasteiger partial charge < -0.3 is 25.5 Å². The molecule has 0 spiro atoms. The van der Waals surface area contributed by atoms with Gasteiger partial charge in [0.05, 0.1) is 34.5 Å². The van der Waals surface area contributed by atoms with Gasteiger partial charge in [0, 0.05) is 17.0 Å². The molecule has 0 fully saturated rings. The second-order valence-electron chi connectivity index (χ2n) is 7.57. The topological polar surface area (TPSA) is 122 Å². The number of aromatic nitrogens is 1. The van der Waals surface area contributed by atoms with Crippen molar-refractivity contribution < 1.29 is 9.53 Å². The van der Waals surface area contributed by atoms with Crippen LogP contribution in [0.4, 0.5) is 5.69 Å². The lowest BCUT2D eigenvalue weighted by molar-refractivity contribution is 0.0882. The summed E-state index contributed by atoms with van der Waals surface area (Å²) in [5.41, 5.74) is 7.41. The van der Waals surface area contributed by atoms with Crippen molar-refractivity contribution in [3.8, 4) is 5.75 Å². The molecule has 0 bridgehead atoms. The van der Waals surface area contributed by atoms with Crippen LogP contribution in [0.25, 0.3) is 10.9 Å². The zero-order valence-electron chi connectivity index (χ0n) is 16.5. The number of fused-ring (bicyclic) bond motifs is 2. The van der Waals surface area contributed by atoms with Crippen LogP contribution in [-0.4, -0.2) is 28.9 Å². The van der Waals surface area contributed by atoms with Crippen LogP contribution in [-0.2, 0) is 0 Å². The van der Waals surface area contributed by atoms with Crippen molar-refractivity contribution in [2.75, 3.05) is 11.3 Å². The third kappa shape index (κ3) is 3.97. The fourth-order valence-electron chi connectivity index (χ4n) is 3.23. The smallest absolute Gasteiger partial charge is 0.252 e. The molecule has 0 aliphatic carbocycles. The van der Waals surface area contributed by atoms with Crippen LogP contribution in [0.1, 0.15) is 29.8 Å². The summed E-state index contributed by atoms with van der Waals surface area (Å²) in [6.07, 6.45) is 0. The summed E-state index contributed by atoms with van der Waals surface area (Å²) in [6, 6.07) is 14.1. The molecule has 154 valence electrons. The van der Waals surface area contributed by atoms with Gasteiger partial charge >= 0.3 is 0 Å². The van der Waals surface area contributed by atoms with E-state index >= 15 is 0 Å². The Labute approximate surface area is 177 Å². The van der Waals surface area contributed by atoms with Crippen molar-refractivity contribution in [1.82, 2.24) is 10.3 Å². The van der Waals surface area contributed by atoms with Gasteiger partial charge in [0.15, 0.2) is 0 Å². The Balaban J connectivity index is 1.53. The summed E-state index contributed by atoms with van der Waals surface area (Å²) in [5, 5.41) is 3.63. The molecule has 1 amide bonds. The molecular weight excluding hydrogens is 402 g/mol. The van der Waals surface area contributed by atoms with Crippen LogP contribution in [0.2, 0.25) is 0 Å². The number of pyridine rings is 1. The van der Waals surface area contributed by atoms with E-state index in [2.05, 4.69) is 19.4 Å². The lowest BCUT2D eigenvalue weighted by Crippen LogP contribution is -2.48. The standard InChI is InChI=1S/C21H21N5O3S/c1-21(2,11-29-16-9-5-8-15-18(16)19(22)26-30-25-15)24-20(28)13-10-17(27)23-14-7-4-3-6-12(13)14/h3-10,25H,11H2,1-2H3,(H2,22,26)(H,23,27)(H,24,28). The summed E-state index contributed by atoms with van der Waals surface area (Å²) in [5.74, 6) is 0.604. The summed E-state index contributed by atoms with van der Waals surface area (Å²) < 4.78 is 13.2. The van der Waals surface area contributed by atoms with Crippen LogP contribution in [0.5, 0.6) is 5.75 Å². The molecule has 0 radical (unpaired) electrons. The Kier molecular flexibility index (Phi) is 5.13. The summed E-state index contributed by atoms with van der Waals surface area (Å²) >= 11 is 1.16. The minimum absolute atomic E-state index is 0.191. The molecule has 1 aliphatic heterocycles. The molecule has 1 aromatic heterocycles. The molecule has 3 aromatic rings. The largest absolute Gasteiger partial charge is 0.490 e. The number of aromatic amines is 1. The Hall–Kier alpha value is -3.46. The first-order valence-corrected chi connectivity index (χ1v) is 10.1. The molecular formula is C21H21N5O3S. The van der Waals surface area contributed by atoms with E-state index in [0.29, 0.717) is 33.6 Å². The number of carbonyl (C=O) groups excluding carboxylic acids is 1. The summed E-state index contributed by atoms with van der Waals surface area (Å²) in [4.78, 5) is 27.6. The molecule has 2 heterocycles. The second kappa shape index (κ2) is 7.75. The molecule has 8 nitrogen and oxygen atoms in total. The average Bonchev–Trinajstić information content (AvgIpc) is 2.71. The molecule has 9 heteroatoms. The van der Waals surface area contributed by atoms with Gasteiger partial charge in [-0.3, -0.25) is 9.59 Å². The molecule has 1 aliphatic rings. The van der Waals surface area contributed by atoms with Crippen LogP contribution < -0.4 is 26.1 Å². The average molecular weight is 423 g/mol. The molecule has 0 unspecified atom stereocenters. The fraction of sp³-hybridized carbons (Fsp3) is 0.190. The normalized spacial score (nSPS) is 13.2. The highest BCUT2D eigenvalue weighted by molar-refractivity contribution is 7.99. The fourth-order valence-corrected chi connectivity index (χ4v) is 3.73. The van der Waals surface area contributed by atoms with Gasteiger partial charge in [0.1, 0.15) is 18.2 Å². The number of benzene rings is 2. The number of amides is 1. The summed E-state index contributed by atoms with van der Waals surface area (Å²) in [6.45, 7) is 3.89. The van der Waals surface area contributed by atoms with Crippen LogP contribution >= 0.6 is 12.1 Å². The number of ether oxygens (including phenoxy) is 1. The van der Waals surface area contributed by atoms with E-state index in [1.807, 2.05) is 32.0 Å². The molecule has 2 aromatic carbocycles. The third-order valence-electron chi connectivity index (χ3n) is 4.62. The van der Waals surface area contributed by atoms with Gasteiger partial charge in [-0.2, -0.15) is 4.40 Å². The number of nitrogens with one attached hydrogen (secondary N) is 3. The molecule has 4 rings (SSSR count). The number of anilines is 1. The Bertz CT molecular complexity index is 1220. The van der Waals surface area contributed by atoms with E-state index in [1.165, 1.54) is 6.07 Å². The minimum atomic E-state index is -0.716. The lowest BCUT2D eigenvalue weighted by atomic mass is 10.0.